The van der Waals surface area contributed by atoms with Gasteiger partial charge in [-0.05, 0) is 30.3 Å². The highest BCUT2D eigenvalue weighted by atomic mass is 19.2. The summed E-state index contributed by atoms with van der Waals surface area (Å²) in [5.74, 6) is -3.45. The van der Waals surface area contributed by atoms with E-state index >= 15 is 0 Å². The van der Waals surface area contributed by atoms with E-state index in [4.69, 9.17) is 0 Å². The van der Waals surface area contributed by atoms with Crippen molar-refractivity contribution in [3.63, 3.8) is 0 Å². The summed E-state index contributed by atoms with van der Waals surface area (Å²) in [7, 11) is 0. The van der Waals surface area contributed by atoms with E-state index < -0.39 is 23.4 Å². The van der Waals surface area contributed by atoms with Crippen molar-refractivity contribution in [1.29, 1.82) is 0 Å². The van der Waals surface area contributed by atoms with E-state index in [9.17, 15) is 23.2 Å². The van der Waals surface area contributed by atoms with Gasteiger partial charge in [-0.25, -0.2) is 8.78 Å². The van der Waals surface area contributed by atoms with Crippen molar-refractivity contribution in [2.45, 2.75) is 13.8 Å². The van der Waals surface area contributed by atoms with Crippen LogP contribution in [0.2, 0.25) is 0 Å². The predicted octanol–water partition coefficient (Wildman–Crippen LogP) is 2.91. The van der Waals surface area contributed by atoms with Crippen LogP contribution >= 0.6 is 0 Å². The summed E-state index contributed by atoms with van der Waals surface area (Å²) in [5.41, 5.74) is 0.980. The highest BCUT2D eigenvalue weighted by molar-refractivity contribution is 6.02. The first-order chi connectivity index (χ1) is 12.3. The van der Waals surface area contributed by atoms with Gasteiger partial charge in [0.05, 0.1) is 0 Å². The Kier molecular flexibility index (Phi) is 6.00. The zero-order chi connectivity index (χ0) is 19.3. The average molecular weight is 361 g/mol. The van der Waals surface area contributed by atoms with E-state index in [-0.39, 0.29) is 18.1 Å². The second-order valence-electron chi connectivity index (χ2n) is 5.51. The zero-order valence-electron chi connectivity index (χ0n) is 14.2. The number of anilines is 3. The summed E-state index contributed by atoms with van der Waals surface area (Å²) >= 11 is 0. The van der Waals surface area contributed by atoms with Crippen LogP contribution in [0, 0.1) is 11.6 Å². The fraction of sp³-hybridized carbons (Fsp3) is 0.167. The second-order valence-corrected chi connectivity index (χ2v) is 5.51. The van der Waals surface area contributed by atoms with E-state index in [0.29, 0.717) is 11.4 Å². The van der Waals surface area contributed by atoms with Gasteiger partial charge in [0.2, 0.25) is 17.7 Å². The van der Waals surface area contributed by atoms with Crippen LogP contribution in [0.1, 0.15) is 13.8 Å². The molecule has 0 radical (unpaired) electrons. The van der Waals surface area contributed by atoms with Crippen LogP contribution in [0.25, 0.3) is 0 Å². The minimum Gasteiger partial charge on any atom is -0.326 e. The van der Waals surface area contributed by atoms with Crippen LogP contribution in [0.5, 0.6) is 0 Å². The summed E-state index contributed by atoms with van der Waals surface area (Å²) in [5, 5.41) is 5.17. The van der Waals surface area contributed by atoms with Crippen LogP contribution in [-0.4, -0.2) is 24.3 Å². The highest BCUT2D eigenvalue weighted by Crippen LogP contribution is 2.19. The molecule has 0 aliphatic carbocycles. The summed E-state index contributed by atoms with van der Waals surface area (Å²) in [6, 6.07) is 9.40. The average Bonchev–Trinajstić information content (AvgIpc) is 2.55. The van der Waals surface area contributed by atoms with Crippen molar-refractivity contribution in [2.24, 2.45) is 0 Å². The van der Waals surface area contributed by atoms with E-state index in [0.717, 1.165) is 17.0 Å². The summed E-state index contributed by atoms with van der Waals surface area (Å²) in [4.78, 5) is 36.1. The minimum atomic E-state index is -1.11. The molecule has 136 valence electrons. The smallest absolute Gasteiger partial charge is 0.244 e. The third kappa shape index (κ3) is 5.10. The molecule has 0 aliphatic heterocycles. The number of nitrogens with zero attached hydrogens (tertiary/aromatic N) is 1. The Balaban J connectivity index is 2.12. The molecule has 0 heterocycles. The van der Waals surface area contributed by atoms with Gasteiger partial charge in [-0.1, -0.05) is 6.07 Å². The van der Waals surface area contributed by atoms with Gasteiger partial charge in [0.15, 0.2) is 11.6 Å². The highest BCUT2D eigenvalue weighted by Gasteiger charge is 2.17. The number of carbonyl (C=O) groups is 3. The molecule has 2 N–H and O–H groups in total. The van der Waals surface area contributed by atoms with Crippen molar-refractivity contribution in [3.05, 3.63) is 54.1 Å². The molecule has 2 aromatic carbocycles. The van der Waals surface area contributed by atoms with Crippen molar-refractivity contribution in [2.75, 3.05) is 22.1 Å². The van der Waals surface area contributed by atoms with Crippen LogP contribution in [0.15, 0.2) is 42.5 Å². The summed E-state index contributed by atoms with van der Waals surface area (Å²) < 4.78 is 26.4. The number of rotatable bonds is 5. The minimum absolute atomic E-state index is 0.0681. The lowest BCUT2D eigenvalue weighted by atomic mass is 10.2. The van der Waals surface area contributed by atoms with Crippen LogP contribution in [0.4, 0.5) is 25.8 Å². The fourth-order valence-electron chi connectivity index (χ4n) is 2.26. The molecule has 0 aliphatic rings. The third-order valence-electron chi connectivity index (χ3n) is 3.36. The van der Waals surface area contributed by atoms with E-state index in [2.05, 4.69) is 10.6 Å². The number of benzene rings is 2. The maximum atomic E-state index is 13.4. The SMILES string of the molecule is CC(=O)Nc1cccc(NC(=O)CN(C(C)=O)c2ccc(F)c(F)c2)c1. The van der Waals surface area contributed by atoms with Gasteiger partial charge in [-0.3, -0.25) is 14.4 Å². The Bertz CT molecular complexity index is 855. The Hall–Kier alpha value is -3.29. The first-order valence-corrected chi connectivity index (χ1v) is 7.67. The number of hydrogen-bond acceptors (Lipinski definition) is 3. The molecule has 0 saturated heterocycles. The van der Waals surface area contributed by atoms with Gasteiger partial charge < -0.3 is 15.5 Å². The zero-order valence-corrected chi connectivity index (χ0v) is 14.2. The summed E-state index contributed by atoms with van der Waals surface area (Å²) in [6.45, 7) is 2.19. The van der Waals surface area contributed by atoms with E-state index in [1.807, 2.05) is 0 Å². The first kappa shape index (κ1) is 19.0. The third-order valence-corrected chi connectivity index (χ3v) is 3.36. The lowest BCUT2D eigenvalue weighted by Crippen LogP contribution is -2.36. The molecule has 3 amide bonds. The predicted molar refractivity (Wildman–Crippen MR) is 93.8 cm³/mol. The second kappa shape index (κ2) is 8.19. The molecule has 0 unspecified atom stereocenters. The van der Waals surface area contributed by atoms with Crippen molar-refractivity contribution < 1.29 is 23.2 Å². The molecular formula is C18H17F2N3O3. The van der Waals surface area contributed by atoms with Crippen LogP contribution in [0.3, 0.4) is 0 Å². The Labute approximate surface area is 148 Å². The number of halogens is 2. The molecular weight excluding hydrogens is 344 g/mol. The number of nitrogens with one attached hydrogen (secondary N) is 2. The molecule has 2 rings (SSSR count). The van der Waals surface area contributed by atoms with Gasteiger partial charge in [-0.2, -0.15) is 0 Å². The number of amides is 3. The maximum absolute atomic E-state index is 13.4. The van der Waals surface area contributed by atoms with Crippen molar-refractivity contribution >= 4 is 34.8 Å². The molecule has 2 aromatic rings. The monoisotopic (exact) mass is 361 g/mol. The summed E-state index contributed by atoms with van der Waals surface area (Å²) in [6.07, 6.45) is 0. The molecule has 0 saturated carbocycles. The Morgan fingerprint density at radius 2 is 1.58 bits per heavy atom. The molecule has 26 heavy (non-hydrogen) atoms. The molecule has 8 heteroatoms. The molecule has 0 bridgehead atoms. The van der Waals surface area contributed by atoms with Crippen molar-refractivity contribution in [1.82, 2.24) is 0 Å². The Morgan fingerprint density at radius 1 is 0.923 bits per heavy atom. The molecule has 0 aromatic heterocycles. The largest absolute Gasteiger partial charge is 0.326 e. The van der Waals surface area contributed by atoms with Gasteiger partial charge in [-0.15, -0.1) is 0 Å². The van der Waals surface area contributed by atoms with E-state index in [1.54, 1.807) is 24.3 Å². The van der Waals surface area contributed by atoms with Crippen molar-refractivity contribution in [3.8, 4) is 0 Å². The first-order valence-electron chi connectivity index (χ1n) is 7.67. The molecule has 0 fully saturated rings. The Morgan fingerprint density at radius 3 is 2.15 bits per heavy atom. The van der Waals surface area contributed by atoms with Gasteiger partial charge in [0.1, 0.15) is 6.54 Å². The fourth-order valence-corrected chi connectivity index (χ4v) is 2.26. The molecule has 0 spiro atoms. The van der Waals surface area contributed by atoms with Crippen LogP contribution in [-0.2, 0) is 14.4 Å². The van der Waals surface area contributed by atoms with Gasteiger partial charge in [0.25, 0.3) is 0 Å². The standard InChI is InChI=1S/C18H17F2N3O3/c1-11(24)21-13-4-3-5-14(8-13)22-18(26)10-23(12(2)25)15-6-7-16(19)17(20)9-15/h3-9H,10H2,1-2H3,(H,21,24)(H,22,26). The van der Waals surface area contributed by atoms with Gasteiger partial charge >= 0.3 is 0 Å². The maximum Gasteiger partial charge on any atom is 0.244 e. The number of hydrogen-bond donors (Lipinski definition) is 2. The number of carbonyl (C=O) groups excluding carboxylic acids is 3. The van der Waals surface area contributed by atoms with Crippen LogP contribution < -0.4 is 15.5 Å². The quantitative estimate of drug-likeness (QED) is 0.860. The lowest BCUT2D eigenvalue weighted by Gasteiger charge is -2.21. The normalized spacial score (nSPS) is 10.2. The lowest BCUT2D eigenvalue weighted by molar-refractivity contribution is -0.120. The molecule has 0 atom stereocenters. The topological polar surface area (TPSA) is 78.5 Å². The van der Waals surface area contributed by atoms with E-state index in [1.165, 1.54) is 19.9 Å². The molecule has 6 nitrogen and oxygen atoms in total. The van der Waals surface area contributed by atoms with Gasteiger partial charge in [0, 0.05) is 37.0 Å².